The molecule has 3 nitrogen and oxygen atoms in total. The van der Waals surface area contributed by atoms with Gasteiger partial charge in [-0.05, 0) is 19.4 Å². The second-order valence-electron chi connectivity index (χ2n) is 4.21. The van der Waals surface area contributed by atoms with Crippen LogP contribution in [0, 0.1) is 6.92 Å². The van der Waals surface area contributed by atoms with Gasteiger partial charge in [-0.15, -0.1) is 0 Å². The highest BCUT2D eigenvalue weighted by Gasteiger charge is 2.10. The third kappa shape index (κ3) is 3.37. The fourth-order valence-electron chi connectivity index (χ4n) is 1.75. The van der Waals surface area contributed by atoms with E-state index in [4.69, 9.17) is 23.2 Å². The number of rotatable bonds is 4. The van der Waals surface area contributed by atoms with Crippen molar-refractivity contribution in [3.05, 3.63) is 40.1 Å². The van der Waals surface area contributed by atoms with Crippen LogP contribution < -0.4 is 5.32 Å². The highest BCUT2D eigenvalue weighted by molar-refractivity contribution is 6.43. The zero-order valence-electron chi connectivity index (χ0n) is 10.9. The molecular formula is C14H15Cl2N3. The Morgan fingerprint density at radius 2 is 2.00 bits per heavy atom. The Morgan fingerprint density at radius 3 is 2.74 bits per heavy atom. The van der Waals surface area contributed by atoms with Crippen molar-refractivity contribution in [3.63, 3.8) is 0 Å². The van der Waals surface area contributed by atoms with Gasteiger partial charge in [0, 0.05) is 18.2 Å². The number of aromatic nitrogens is 2. The van der Waals surface area contributed by atoms with E-state index in [-0.39, 0.29) is 0 Å². The molecule has 0 aliphatic carbocycles. The Labute approximate surface area is 123 Å². The van der Waals surface area contributed by atoms with Crippen molar-refractivity contribution >= 4 is 29.0 Å². The summed E-state index contributed by atoms with van der Waals surface area (Å²) in [4.78, 5) is 8.77. The van der Waals surface area contributed by atoms with E-state index >= 15 is 0 Å². The summed E-state index contributed by atoms with van der Waals surface area (Å²) in [5.41, 5.74) is 1.60. The molecule has 0 fully saturated rings. The highest BCUT2D eigenvalue weighted by atomic mass is 35.5. The summed E-state index contributed by atoms with van der Waals surface area (Å²) >= 11 is 12.3. The minimum Gasteiger partial charge on any atom is -0.370 e. The maximum Gasteiger partial charge on any atom is 0.130 e. The number of benzene rings is 1. The van der Waals surface area contributed by atoms with Gasteiger partial charge in [-0.3, -0.25) is 0 Å². The van der Waals surface area contributed by atoms with Gasteiger partial charge in [0.2, 0.25) is 0 Å². The van der Waals surface area contributed by atoms with Gasteiger partial charge in [0.25, 0.3) is 0 Å². The summed E-state index contributed by atoms with van der Waals surface area (Å²) in [6, 6.07) is 7.41. The van der Waals surface area contributed by atoms with Crippen molar-refractivity contribution < 1.29 is 0 Å². The van der Waals surface area contributed by atoms with Crippen LogP contribution in [0.4, 0.5) is 5.82 Å². The molecule has 0 aliphatic heterocycles. The Bertz CT molecular complexity index is 585. The molecule has 0 spiro atoms. The third-order valence-electron chi connectivity index (χ3n) is 2.62. The lowest BCUT2D eigenvalue weighted by Crippen LogP contribution is -2.04. The Kier molecular flexibility index (Phi) is 4.61. The first kappa shape index (κ1) is 14.1. The van der Waals surface area contributed by atoms with E-state index in [0.29, 0.717) is 15.9 Å². The first-order valence-electron chi connectivity index (χ1n) is 6.15. The Hall–Kier alpha value is -1.32. The molecule has 1 aromatic heterocycles. The van der Waals surface area contributed by atoms with Crippen molar-refractivity contribution in [1.29, 1.82) is 0 Å². The first-order chi connectivity index (χ1) is 9.11. The van der Waals surface area contributed by atoms with Crippen LogP contribution in [0.25, 0.3) is 11.3 Å². The predicted molar refractivity (Wildman–Crippen MR) is 81.0 cm³/mol. The lowest BCUT2D eigenvalue weighted by atomic mass is 10.1. The van der Waals surface area contributed by atoms with Crippen LogP contribution in [0.1, 0.15) is 19.2 Å². The molecule has 0 atom stereocenters. The number of anilines is 1. The minimum absolute atomic E-state index is 0.517. The maximum absolute atomic E-state index is 6.22. The van der Waals surface area contributed by atoms with Crippen LogP contribution in [0.3, 0.4) is 0 Å². The van der Waals surface area contributed by atoms with Crippen LogP contribution in [0.5, 0.6) is 0 Å². The molecule has 19 heavy (non-hydrogen) atoms. The zero-order chi connectivity index (χ0) is 13.8. The summed E-state index contributed by atoms with van der Waals surface area (Å²) in [6.07, 6.45) is 1.04. The average molecular weight is 296 g/mol. The Balaban J connectivity index is 2.44. The second kappa shape index (κ2) is 6.22. The van der Waals surface area contributed by atoms with Gasteiger partial charge in [0.1, 0.15) is 11.6 Å². The highest BCUT2D eigenvalue weighted by Crippen LogP contribution is 2.33. The topological polar surface area (TPSA) is 37.8 Å². The largest absolute Gasteiger partial charge is 0.370 e. The molecule has 0 radical (unpaired) electrons. The van der Waals surface area contributed by atoms with Crippen molar-refractivity contribution in [3.8, 4) is 11.3 Å². The van der Waals surface area contributed by atoms with Gasteiger partial charge < -0.3 is 5.32 Å². The lowest BCUT2D eigenvalue weighted by molar-refractivity contribution is 0.955. The molecule has 0 bridgehead atoms. The van der Waals surface area contributed by atoms with Gasteiger partial charge in [-0.25, -0.2) is 9.97 Å². The molecular weight excluding hydrogens is 281 g/mol. The van der Waals surface area contributed by atoms with E-state index < -0.39 is 0 Å². The van der Waals surface area contributed by atoms with Crippen molar-refractivity contribution in [2.24, 2.45) is 0 Å². The van der Waals surface area contributed by atoms with Crippen molar-refractivity contribution in [2.45, 2.75) is 20.3 Å². The van der Waals surface area contributed by atoms with Crippen LogP contribution in [0.2, 0.25) is 10.0 Å². The monoisotopic (exact) mass is 295 g/mol. The molecule has 5 heteroatoms. The number of halogens is 2. The summed E-state index contributed by atoms with van der Waals surface area (Å²) in [6.45, 7) is 4.84. The van der Waals surface area contributed by atoms with Gasteiger partial charge in [-0.2, -0.15) is 0 Å². The number of aryl methyl sites for hydroxylation is 1. The molecule has 1 heterocycles. The average Bonchev–Trinajstić information content (AvgIpc) is 2.39. The Morgan fingerprint density at radius 1 is 1.21 bits per heavy atom. The second-order valence-corrected chi connectivity index (χ2v) is 5.00. The van der Waals surface area contributed by atoms with E-state index in [9.17, 15) is 0 Å². The van der Waals surface area contributed by atoms with Crippen LogP contribution >= 0.6 is 23.2 Å². The fraction of sp³-hybridized carbons (Fsp3) is 0.286. The molecule has 0 saturated carbocycles. The molecule has 0 saturated heterocycles. The normalized spacial score (nSPS) is 10.5. The minimum atomic E-state index is 0.517. The molecule has 0 amide bonds. The number of nitrogens with zero attached hydrogens (tertiary/aromatic N) is 2. The number of hydrogen-bond acceptors (Lipinski definition) is 3. The van der Waals surface area contributed by atoms with E-state index in [1.807, 2.05) is 25.1 Å². The van der Waals surface area contributed by atoms with Crippen molar-refractivity contribution in [1.82, 2.24) is 9.97 Å². The molecule has 1 aromatic carbocycles. The first-order valence-corrected chi connectivity index (χ1v) is 6.91. The molecule has 100 valence electrons. The summed E-state index contributed by atoms with van der Waals surface area (Å²) in [5.74, 6) is 1.51. The van der Waals surface area contributed by atoms with Crippen LogP contribution in [-0.4, -0.2) is 16.5 Å². The molecule has 2 aromatic rings. The number of nitrogens with one attached hydrogen (secondary N) is 1. The smallest absolute Gasteiger partial charge is 0.130 e. The number of hydrogen-bond donors (Lipinski definition) is 1. The summed E-state index contributed by atoms with van der Waals surface area (Å²) < 4.78 is 0. The van der Waals surface area contributed by atoms with Crippen molar-refractivity contribution in [2.75, 3.05) is 11.9 Å². The van der Waals surface area contributed by atoms with E-state index in [2.05, 4.69) is 22.2 Å². The van der Waals surface area contributed by atoms with Gasteiger partial charge in [0.15, 0.2) is 0 Å². The van der Waals surface area contributed by atoms with Crippen LogP contribution in [0.15, 0.2) is 24.3 Å². The fourth-order valence-corrected chi connectivity index (χ4v) is 2.15. The van der Waals surface area contributed by atoms with Gasteiger partial charge in [0.05, 0.1) is 15.7 Å². The molecule has 0 unspecified atom stereocenters. The van der Waals surface area contributed by atoms with Crippen LogP contribution in [-0.2, 0) is 0 Å². The van der Waals surface area contributed by atoms with E-state index in [0.717, 1.165) is 30.0 Å². The molecule has 0 aliphatic rings. The standard InChI is InChI=1S/C14H15Cl2N3/c1-3-7-17-13-8-12(18-9(2)19-13)10-5-4-6-11(15)14(10)16/h4-6,8H,3,7H2,1-2H3,(H,17,18,19). The quantitative estimate of drug-likeness (QED) is 0.897. The maximum atomic E-state index is 6.22. The predicted octanol–water partition coefficient (Wildman–Crippen LogP) is 4.58. The zero-order valence-corrected chi connectivity index (χ0v) is 12.4. The third-order valence-corrected chi connectivity index (χ3v) is 3.44. The summed E-state index contributed by atoms with van der Waals surface area (Å²) in [5, 5.41) is 4.30. The molecule has 1 N–H and O–H groups in total. The van der Waals surface area contributed by atoms with E-state index in [1.54, 1.807) is 6.07 Å². The SMILES string of the molecule is CCCNc1cc(-c2cccc(Cl)c2Cl)nc(C)n1. The van der Waals surface area contributed by atoms with Gasteiger partial charge in [-0.1, -0.05) is 42.3 Å². The van der Waals surface area contributed by atoms with E-state index in [1.165, 1.54) is 0 Å². The summed E-state index contributed by atoms with van der Waals surface area (Å²) in [7, 11) is 0. The lowest BCUT2D eigenvalue weighted by Gasteiger charge is -2.09. The van der Waals surface area contributed by atoms with Gasteiger partial charge >= 0.3 is 0 Å². The molecule has 2 rings (SSSR count).